The van der Waals surface area contributed by atoms with Gasteiger partial charge >= 0.3 is 5.97 Å². The summed E-state index contributed by atoms with van der Waals surface area (Å²) in [5.74, 6) is -0.594. The first-order valence-electron chi connectivity index (χ1n) is 6.48. The largest absolute Gasteiger partial charge is 0.478 e. The summed E-state index contributed by atoms with van der Waals surface area (Å²) in [5, 5.41) is 14.9. The zero-order chi connectivity index (χ0) is 14.5. The van der Waals surface area contributed by atoms with Crippen LogP contribution < -0.4 is 10.6 Å². The Bertz CT molecular complexity index is 518. The maximum Gasteiger partial charge on any atom is 0.337 e. The fourth-order valence-corrected chi connectivity index (χ4v) is 1.88. The van der Waals surface area contributed by atoms with Crippen LogP contribution >= 0.6 is 11.6 Å². The highest BCUT2D eigenvalue weighted by molar-refractivity contribution is 6.33. The van der Waals surface area contributed by atoms with Crippen LogP contribution in [0, 0.1) is 0 Å². The van der Waals surface area contributed by atoms with E-state index >= 15 is 0 Å². The molecule has 6 nitrogen and oxygen atoms in total. The second-order valence-corrected chi connectivity index (χ2v) is 5.13. The second kappa shape index (κ2) is 6.56. The molecule has 0 bridgehead atoms. The molecule has 1 fully saturated rings. The van der Waals surface area contributed by atoms with E-state index in [9.17, 15) is 9.59 Å². The van der Waals surface area contributed by atoms with Crippen LogP contribution in [0.15, 0.2) is 12.3 Å². The summed E-state index contributed by atoms with van der Waals surface area (Å²) >= 11 is 5.72. The van der Waals surface area contributed by atoms with Crippen LogP contribution in [0.25, 0.3) is 0 Å². The normalized spacial score (nSPS) is 13.8. The molecule has 108 valence electrons. The minimum Gasteiger partial charge on any atom is -0.478 e. The maximum absolute atomic E-state index is 11.4. The van der Waals surface area contributed by atoms with Gasteiger partial charge in [-0.05, 0) is 25.3 Å². The highest BCUT2D eigenvalue weighted by Gasteiger charge is 2.22. The van der Waals surface area contributed by atoms with E-state index < -0.39 is 5.97 Å². The Labute approximate surface area is 121 Å². The van der Waals surface area contributed by atoms with Crippen molar-refractivity contribution in [3.8, 4) is 0 Å². The van der Waals surface area contributed by atoms with Crippen LogP contribution in [-0.4, -0.2) is 34.6 Å². The van der Waals surface area contributed by atoms with Crippen LogP contribution in [0.5, 0.6) is 0 Å². The van der Waals surface area contributed by atoms with Crippen LogP contribution in [0.4, 0.5) is 5.82 Å². The van der Waals surface area contributed by atoms with Crippen LogP contribution in [-0.2, 0) is 4.79 Å². The van der Waals surface area contributed by atoms with Gasteiger partial charge in [0.1, 0.15) is 5.82 Å². The van der Waals surface area contributed by atoms with E-state index in [0.29, 0.717) is 31.2 Å². The predicted octanol–water partition coefficient (Wildman–Crippen LogP) is 1.90. The molecule has 2 rings (SSSR count). The first-order chi connectivity index (χ1) is 9.56. The van der Waals surface area contributed by atoms with Gasteiger partial charge < -0.3 is 15.7 Å². The molecule has 0 saturated heterocycles. The summed E-state index contributed by atoms with van der Waals surface area (Å²) in [4.78, 5) is 26.3. The number of carbonyl (C=O) groups is 2. The Balaban J connectivity index is 1.74. The number of hydrogen-bond acceptors (Lipinski definition) is 4. The molecule has 7 heteroatoms. The number of aromatic carboxylic acids is 1. The van der Waals surface area contributed by atoms with E-state index in [0.717, 1.165) is 12.8 Å². The smallest absolute Gasteiger partial charge is 0.337 e. The summed E-state index contributed by atoms with van der Waals surface area (Å²) < 4.78 is 0. The minimum atomic E-state index is -1.09. The monoisotopic (exact) mass is 297 g/mol. The number of amides is 1. The predicted molar refractivity (Wildman–Crippen MR) is 75.1 cm³/mol. The molecule has 0 atom stereocenters. The van der Waals surface area contributed by atoms with Gasteiger partial charge in [0.15, 0.2) is 0 Å². The SMILES string of the molecule is O=C(CCCNc1cc(C(=O)O)c(Cl)cn1)NC1CC1. The number of nitrogens with zero attached hydrogens (tertiary/aromatic N) is 1. The van der Waals surface area contributed by atoms with Crippen molar-refractivity contribution in [2.45, 2.75) is 31.7 Å². The van der Waals surface area contributed by atoms with Crippen LogP contribution in [0.1, 0.15) is 36.0 Å². The van der Waals surface area contributed by atoms with Crippen molar-refractivity contribution in [1.82, 2.24) is 10.3 Å². The van der Waals surface area contributed by atoms with E-state index in [1.807, 2.05) is 0 Å². The van der Waals surface area contributed by atoms with Crippen molar-refractivity contribution < 1.29 is 14.7 Å². The van der Waals surface area contributed by atoms with Crippen molar-refractivity contribution in [2.75, 3.05) is 11.9 Å². The molecule has 1 amide bonds. The molecule has 20 heavy (non-hydrogen) atoms. The Kier molecular flexibility index (Phi) is 4.79. The fourth-order valence-electron chi connectivity index (χ4n) is 1.69. The van der Waals surface area contributed by atoms with Gasteiger partial charge in [0, 0.05) is 25.2 Å². The highest BCUT2D eigenvalue weighted by atomic mass is 35.5. The van der Waals surface area contributed by atoms with E-state index in [2.05, 4.69) is 15.6 Å². The van der Waals surface area contributed by atoms with Crippen LogP contribution in [0.2, 0.25) is 5.02 Å². The van der Waals surface area contributed by atoms with Crippen molar-refractivity contribution >= 4 is 29.3 Å². The lowest BCUT2D eigenvalue weighted by Crippen LogP contribution is -2.25. The molecule has 0 aliphatic heterocycles. The van der Waals surface area contributed by atoms with Gasteiger partial charge in [0.2, 0.25) is 5.91 Å². The first-order valence-corrected chi connectivity index (χ1v) is 6.86. The zero-order valence-corrected chi connectivity index (χ0v) is 11.6. The van der Waals surface area contributed by atoms with Gasteiger partial charge in [-0.15, -0.1) is 0 Å². The van der Waals surface area contributed by atoms with Gasteiger partial charge in [-0.3, -0.25) is 4.79 Å². The molecular weight excluding hydrogens is 282 g/mol. The second-order valence-electron chi connectivity index (χ2n) is 4.73. The zero-order valence-electron chi connectivity index (χ0n) is 10.9. The van der Waals surface area contributed by atoms with Crippen molar-refractivity contribution in [3.63, 3.8) is 0 Å². The number of rotatable bonds is 7. The quantitative estimate of drug-likeness (QED) is 0.669. The van der Waals surface area contributed by atoms with Crippen molar-refractivity contribution in [1.29, 1.82) is 0 Å². The van der Waals surface area contributed by atoms with Gasteiger partial charge in [-0.25, -0.2) is 9.78 Å². The third-order valence-electron chi connectivity index (χ3n) is 2.91. The molecular formula is C13H16ClN3O3. The molecule has 1 aliphatic carbocycles. The fraction of sp³-hybridized carbons (Fsp3) is 0.462. The molecule has 1 aromatic heterocycles. The van der Waals surface area contributed by atoms with Gasteiger partial charge in [-0.2, -0.15) is 0 Å². The topological polar surface area (TPSA) is 91.3 Å². The lowest BCUT2D eigenvalue weighted by atomic mass is 10.2. The number of carboxylic acid groups (broad SMARTS) is 1. The number of pyridine rings is 1. The molecule has 0 unspecified atom stereocenters. The number of anilines is 1. The van der Waals surface area contributed by atoms with E-state index in [-0.39, 0.29) is 16.5 Å². The molecule has 0 radical (unpaired) electrons. The van der Waals surface area contributed by atoms with E-state index in [1.165, 1.54) is 12.3 Å². The third-order valence-corrected chi connectivity index (χ3v) is 3.22. The lowest BCUT2D eigenvalue weighted by molar-refractivity contribution is -0.121. The number of nitrogens with one attached hydrogen (secondary N) is 2. The molecule has 1 heterocycles. The van der Waals surface area contributed by atoms with Gasteiger partial charge in [0.05, 0.1) is 10.6 Å². The molecule has 1 saturated carbocycles. The third kappa shape index (κ3) is 4.38. The highest BCUT2D eigenvalue weighted by Crippen LogP contribution is 2.19. The lowest BCUT2D eigenvalue weighted by Gasteiger charge is -2.07. The number of hydrogen-bond donors (Lipinski definition) is 3. The van der Waals surface area contributed by atoms with Crippen LogP contribution in [0.3, 0.4) is 0 Å². The van der Waals surface area contributed by atoms with E-state index in [1.54, 1.807) is 0 Å². The molecule has 0 aromatic carbocycles. The Morgan fingerprint density at radius 1 is 1.45 bits per heavy atom. The Hall–Kier alpha value is -1.82. The number of aromatic nitrogens is 1. The van der Waals surface area contributed by atoms with E-state index in [4.69, 9.17) is 16.7 Å². The number of carboxylic acids is 1. The van der Waals surface area contributed by atoms with Gasteiger partial charge in [-0.1, -0.05) is 11.6 Å². The summed E-state index contributed by atoms with van der Waals surface area (Å²) in [6.07, 6.45) is 4.56. The van der Waals surface area contributed by atoms with Gasteiger partial charge in [0.25, 0.3) is 0 Å². The molecule has 0 spiro atoms. The average Bonchev–Trinajstić information content (AvgIpc) is 3.20. The number of halogens is 1. The minimum absolute atomic E-state index is 0.00985. The molecule has 1 aromatic rings. The summed E-state index contributed by atoms with van der Waals surface area (Å²) in [5.41, 5.74) is 0.00985. The molecule has 3 N–H and O–H groups in total. The first kappa shape index (κ1) is 14.6. The Morgan fingerprint density at radius 3 is 2.85 bits per heavy atom. The average molecular weight is 298 g/mol. The number of carbonyl (C=O) groups excluding carboxylic acids is 1. The van der Waals surface area contributed by atoms with Crippen molar-refractivity contribution in [3.05, 3.63) is 22.8 Å². The summed E-state index contributed by atoms with van der Waals surface area (Å²) in [6.45, 7) is 0.547. The summed E-state index contributed by atoms with van der Waals surface area (Å²) in [7, 11) is 0. The standard InChI is InChI=1S/C13H16ClN3O3/c14-10-7-16-11(6-9(10)13(19)20)15-5-1-2-12(18)17-8-3-4-8/h6-8H,1-5H2,(H,15,16)(H,17,18)(H,19,20). The summed E-state index contributed by atoms with van der Waals surface area (Å²) in [6, 6.07) is 1.76. The Morgan fingerprint density at radius 2 is 2.20 bits per heavy atom. The molecule has 1 aliphatic rings. The van der Waals surface area contributed by atoms with Crippen molar-refractivity contribution in [2.24, 2.45) is 0 Å². The maximum atomic E-state index is 11.4.